The minimum atomic E-state index is -0.0772. The zero-order valence-electron chi connectivity index (χ0n) is 19.4. The van der Waals surface area contributed by atoms with Crippen molar-refractivity contribution in [1.29, 1.82) is 0 Å². The van der Waals surface area contributed by atoms with Gasteiger partial charge in [0.1, 0.15) is 17.2 Å². The molecule has 1 saturated heterocycles. The van der Waals surface area contributed by atoms with Crippen molar-refractivity contribution in [3.8, 4) is 0 Å². The monoisotopic (exact) mass is 423 g/mol. The highest BCUT2D eigenvalue weighted by molar-refractivity contribution is 5.92. The van der Waals surface area contributed by atoms with Gasteiger partial charge in [-0.1, -0.05) is 25.1 Å². The van der Waals surface area contributed by atoms with Gasteiger partial charge in [0.25, 0.3) is 5.91 Å². The number of aryl methyl sites for hydroxylation is 1. The first-order valence-electron chi connectivity index (χ1n) is 11.2. The molecule has 3 aromatic rings. The molecule has 0 radical (unpaired) electrons. The van der Waals surface area contributed by atoms with Crippen LogP contribution in [0.15, 0.2) is 28.9 Å². The number of piperidine rings is 1. The third-order valence-corrected chi connectivity index (χ3v) is 5.85. The van der Waals surface area contributed by atoms with Crippen molar-refractivity contribution in [2.75, 3.05) is 18.4 Å². The summed E-state index contributed by atoms with van der Waals surface area (Å²) in [7, 11) is 0. The van der Waals surface area contributed by atoms with Crippen LogP contribution in [0.1, 0.15) is 86.8 Å². The number of nitrogens with one attached hydrogen (secondary N) is 1. The maximum Gasteiger partial charge on any atom is 0.276 e. The molecule has 1 N–H and O–H groups in total. The molecular formula is C24H33N5O2. The van der Waals surface area contributed by atoms with Gasteiger partial charge in [0, 0.05) is 42.7 Å². The molecular weight excluding hydrogens is 390 g/mol. The summed E-state index contributed by atoms with van der Waals surface area (Å²) in [4.78, 5) is 19.8. The van der Waals surface area contributed by atoms with E-state index in [-0.39, 0.29) is 17.4 Å². The second kappa shape index (κ2) is 8.02. The van der Waals surface area contributed by atoms with Crippen molar-refractivity contribution in [3.63, 3.8) is 0 Å². The summed E-state index contributed by atoms with van der Waals surface area (Å²) < 4.78 is 7.48. The lowest BCUT2D eigenvalue weighted by molar-refractivity contribution is 0.0701. The van der Waals surface area contributed by atoms with E-state index in [0.29, 0.717) is 24.7 Å². The number of hydrogen-bond acceptors (Lipinski definition) is 5. The fourth-order valence-electron chi connectivity index (χ4n) is 4.17. The van der Waals surface area contributed by atoms with Gasteiger partial charge in [-0.15, -0.1) is 0 Å². The van der Waals surface area contributed by atoms with Crippen LogP contribution in [0.4, 0.5) is 5.82 Å². The number of fused-ring (bicyclic) bond motifs is 1. The van der Waals surface area contributed by atoms with E-state index in [1.165, 1.54) is 0 Å². The number of likely N-dealkylation sites (tertiary alicyclic amines) is 1. The van der Waals surface area contributed by atoms with Crippen LogP contribution in [0.25, 0.3) is 5.65 Å². The van der Waals surface area contributed by atoms with Crippen LogP contribution in [-0.4, -0.2) is 44.0 Å². The van der Waals surface area contributed by atoms with Crippen LogP contribution in [-0.2, 0) is 0 Å². The first-order valence-corrected chi connectivity index (χ1v) is 11.2. The molecule has 0 atom stereocenters. The molecule has 1 aliphatic heterocycles. The molecule has 0 saturated carbocycles. The van der Waals surface area contributed by atoms with Crippen LogP contribution in [0.3, 0.4) is 0 Å². The number of anilines is 1. The lowest BCUT2D eigenvalue weighted by Gasteiger charge is -2.32. The van der Waals surface area contributed by atoms with Gasteiger partial charge >= 0.3 is 0 Å². The summed E-state index contributed by atoms with van der Waals surface area (Å²) in [5.41, 5.74) is 3.57. The summed E-state index contributed by atoms with van der Waals surface area (Å²) in [6.45, 7) is 14.0. The Hall–Kier alpha value is -2.83. The smallest absolute Gasteiger partial charge is 0.276 e. The molecule has 3 aromatic heterocycles. The van der Waals surface area contributed by atoms with Crippen LogP contribution in [0.5, 0.6) is 0 Å². The van der Waals surface area contributed by atoms with Gasteiger partial charge in [-0.3, -0.25) is 9.20 Å². The number of amides is 1. The van der Waals surface area contributed by atoms with Gasteiger partial charge in [0.05, 0.1) is 5.69 Å². The molecule has 0 aliphatic carbocycles. The topological polar surface area (TPSA) is 75.7 Å². The standard InChI is InChI=1S/C24H33N5O2/c1-15(2)19-14-18(27-31-19)23(30)28-12-9-17(10-13-28)20-22(26-24(4,5)6)29-11-7-8-16(3)21(29)25-20/h7-8,11,14-15,17,26H,9-10,12-13H2,1-6H3. The average Bonchev–Trinajstić information content (AvgIpc) is 3.33. The van der Waals surface area contributed by atoms with E-state index in [1.54, 1.807) is 6.07 Å². The predicted molar refractivity (Wildman–Crippen MR) is 122 cm³/mol. The van der Waals surface area contributed by atoms with Crippen LogP contribution >= 0.6 is 0 Å². The van der Waals surface area contributed by atoms with Gasteiger partial charge < -0.3 is 14.7 Å². The van der Waals surface area contributed by atoms with Crippen molar-refractivity contribution in [2.45, 2.75) is 71.8 Å². The molecule has 166 valence electrons. The van der Waals surface area contributed by atoms with Crippen molar-refractivity contribution in [2.24, 2.45) is 0 Å². The highest BCUT2D eigenvalue weighted by atomic mass is 16.5. The van der Waals surface area contributed by atoms with Gasteiger partial charge in [-0.05, 0) is 52.2 Å². The molecule has 1 aliphatic rings. The van der Waals surface area contributed by atoms with Crippen LogP contribution < -0.4 is 5.32 Å². The maximum absolute atomic E-state index is 12.9. The molecule has 0 spiro atoms. The first kappa shape index (κ1) is 21.4. The molecule has 1 amide bonds. The SMILES string of the molecule is Cc1cccn2c(NC(C)(C)C)c(C3CCN(C(=O)c4cc(C(C)C)on4)CC3)nc12. The van der Waals surface area contributed by atoms with E-state index in [2.05, 4.69) is 60.9 Å². The lowest BCUT2D eigenvalue weighted by Crippen LogP contribution is -2.38. The number of carbonyl (C=O) groups is 1. The van der Waals surface area contributed by atoms with E-state index >= 15 is 0 Å². The quantitative estimate of drug-likeness (QED) is 0.640. The minimum absolute atomic E-state index is 0.0482. The molecule has 4 rings (SSSR count). The Bertz CT molecular complexity index is 1080. The molecule has 0 bridgehead atoms. The lowest BCUT2D eigenvalue weighted by atomic mass is 9.92. The maximum atomic E-state index is 12.9. The fraction of sp³-hybridized carbons (Fsp3) is 0.542. The number of imidazole rings is 1. The Morgan fingerprint density at radius 2 is 1.97 bits per heavy atom. The number of carbonyl (C=O) groups excluding carboxylic acids is 1. The van der Waals surface area contributed by atoms with Crippen molar-refractivity contribution < 1.29 is 9.32 Å². The number of pyridine rings is 1. The molecule has 7 nitrogen and oxygen atoms in total. The minimum Gasteiger partial charge on any atom is -0.365 e. The average molecular weight is 424 g/mol. The van der Waals surface area contributed by atoms with E-state index in [0.717, 1.165) is 41.3 Å². The van der Waals surface area contributed by atoms with Crippen LogP contribution in [0.2, 0.25) is 0 Å². The Labute approximate surface area is 183 Å². The molecule has 1 fully saturated rings. The Balaban J connectivity index is 1.55. The number of hydrogen-bond donors (Lipinski definition) is 1. The molecule has 31 heavy (non-hydrogen) atoms. The van der Waals surface area contributed by atoms with E-state index < -0.39 is 0 Å². The Kier molecular flexibility index (Phi) is 5.54. The third kappa shape index (κ3) is 4.31. The number of rotatable bonds is 4. The molecule has 0 aromatic carbocycles. The van der Waals surface area contributed by atoms with Gasteiger partial charge in [-0.2, -0.15) is 0 Å². The highest BCUT2D eigenvalue weighted by Gasteiger charge is 2.31. The zero-order chi connectivity index (χ0) is 22.3. The third-order valence-electron chi connectivity index (χ3n) is 5.85. The summed E-state index contributed by atoms with van der Waals surface area (Å²) in [5.74, 6) is 2.28. The number of nitrogens with zero attached hydrogens (tertiary/aromatic N) is 4. The summed E-state index contributed by atoms with van der Waals surface area (Å²) in [6, 6.07) is 5.93. The summed E-state index contributed by atoms with van der Waals surface area (Å²) in [6.07, 6.45) is 3.83. The molecule has 4 heterocycles. The number of aromatic nitrogens is 3. The van der Waals surface area contributed by atoms with Gasteiger partial charge in [-0.25, -0.2) is 4.98 Å². The van der Waals surface area contributed by atoms with Gasteiger partial charge in [0.15, 0.2) is 5.69 Å². The first-order chi connectivity index (χ1) is 14.6. The fourth-order valence-corrected chi connectivity index (χ4v) is 4.17. The predicted octanol–water partition coefficient (Wildman–Crippen LogP) is 4.98. The van der Waals surface area contributed by atoms with Gasteiger partial charge in [0.2, 0.25) is 0 Å². The largest absolute Gasteiger partial charge is 0.365 e. The highest BCUT2D eigenvalue weighted by Crippen LogP contribution is 2.35. The van der Waals surface area contributed by atoms with Crippen molar-refractivity contribution in [1.82, 2.24) is 19.4 Å². The zero-order valence-corrected chi connectivity index (χ0v) is 19.4. The van der Waals surface area contributed by atoms with E-state index in [1.807, 2.05) is 18.7 Å². The molecule has 7 heteroatoms. The van der Waals surface area contributed by atoms with E-state index in [4.69, 9.17) is 9.51 Å². The van der Waals surface area contributed by atoms with Crippen molar-refractivity contribution in [3.05, 3.63) is 47.1 Å². The molecule has 0 unspecified atom stereocenters. The Morgan fingerprint density at radius 1 is 1.26 bits per heavy atom. The second-order valence-electron chi connectivity index (χ2n) is 9.94. The second-order valence-corrected chi connectivity index (χ2v) is 9.94. The Morgan fingerprint density at radius 3 is 2.58 bits per heavy atom. The normalized spacial score (nSPS) is 15.8. The van der Waals surface area contributed by atoms with Crippen molar-refractivity contribution >= 4 is 17.4 Å². The summed E-state index contributed by atoms with van der Waals surface area (Å²) in [5, 5.41) is 7.66. The summed E-state index contributed by atoms with van der Waals surface area (Å²) >= 11 is 0. The van der Waals surface area contributed by atoms with E-state index in [9.17, 15) is 4.79 Å². The van der Waals surface area contributed by atoms with Crippen LogP contribution in [0, 0.1) is 6.92 Å².